The molecule has 0 aromatic rings. The Morgan fingerprint density at radius 2 is 1.78 bits per heavy atom. The molecule has 2 rings (SSSR count). The standard InChI is InChI=1S/C15H27NO2/c1-12-7-6-10-15(16,11-12)14(17)18-13-8-4-2-3-5-9-13/h12-13H,2-11,16H2,1H3. The van der Waals surface area contributed by atoms with Gasteiger partial charge in [0.05, 0.1) is 0 Å². The van der Waals surface area contributed by atoms with Crippen LogP contribution in [0.3, 0.4) is 0 Å². The lowest BCUT2D eigenvalue weighted by Crippen LogP contribution is -2.52. The van der Waals surface area contributed by atoms with E-state index < -0.39 is 5.54 Å². The van der Waals surface area contributed by atoms with Crippen molar-refractivity contribution < 1.29 is 9.53 Å². The van der Waals surface area contributed by atoms with Crippen LogP contribution >= 0.6 is 0 Å². The highest BCUT2D eigenvalue weighted by atomic mass is 16.5. The van der Waals surface area contributed by atoms with E-state index in [1.165, 1.54) is 32.1 Å². The first-order valence-electron chi connectivity index (χ1n) is 7.60. The Bertz CT molecular complexity index is 284. The first-order chi connectivity index (χ1) is 8.60. The van der Waals surface area contributed by atoms with Gasteiger partial charge in [-0.2, -0.15) is 0 Å². The Morgan fingerprint density at radius 3 is 2.39 bits per heavy atom. The van der Waals surface area contributed by atoms with Crippen LogP contribution in [0.2, 0.25) is 0 Å². The smallest absolute Gasteiger partial charge is 0.326 e. The number of carbonyl (C=O) groups excluding carboxylic acids is 1. The fourth-order valence-corrected chi connectivity index (χ4v) is 3.41. The fraction of sp³-hybridized carbons (Fsp3) is 0.933. The summed E-state index contributed by atoms with van der Waals surface area (Å²) in [7, 11) is 0. The summed E-state index contributed by atoms with van der Waals surface area (Å²) in [4.78, 5) is 12.3. The first-order valence-corrected chi connectivity index (χ1v) is 7.60. The van der Waals surface area contributed by atoms with Crippen LogP contribution in [-0.4, -0.2) is 17.6 Å². The zero-order valence-corrected chi connectivity index (χ0v) is 11.6. The van der Waals surface area contributed by atoms with Crippen molar-refractivity contribution in [3.05, 3.63) is 0 Å². The Morgan fingerprint density at radius 1 is 1.11 bits per heavy atom. The van der Waals surface area contributed by atoms with E-state index in [1.807, 2.05) is 0 Å². The van der Waals surface area contributed by atoms with Crippen molar-refractivity contribution in [1.82, 2.24) is 0 Å². The average molecular weight is 253 g/mol. The molecule has 0 aromatic carbocycles. The second kappa shape index (κ2) is 6.05. The molecular formula is C15H27NO2. The van der Waals surface area contributed by atoms with Gasteiger partial charge in [0.15, 0.2) is 0 Å². The van der Waals surface area contributed by atoms with Gasteiger partial charge in [0.25, 0.3) is 0 Å². The number of rotatable bonds is 2. The third-order valence-corrected chi connectivity index (χ3v) is 4.51. The molecule has 104 valence electrons. The lowest BCUT2D eigenvalue weighted by Gasteiger charge is -2.35. The normalized spacial score (nSPS) is 34.9. The van der Waals surface area contributed by atoms with Gasteiger partial charge in [-0.3, -0.25) is 4.79 Å². The summed E-state index contributed by atoms with van der Waals surface area (Å²) in [5.41, 5.74) is 5.57. The molecule has 0 heterocycles. The maximum absolute atomic E-state index is 12.3. The zero-order valence-electron chi connectivity index (χ0n) is 11.6. The van der Waals surface area contributed by atoms with Crippen molar-refractivity contribution in [2.75, 3.05) is 0 Å². The molecule has 18 heavy (non-hydrogen) atoms. The number of hydrogen-bond acceptors (Lipinski definition) is 3. The van der Waals surface area contributed by atoms with Gasteiger partial charge in [-0.15, -0.1) is 0 Å². The van der Waals surface area contributed by atoms with E-state index in [4.69, 9.17) is 10.5 Å². The summed E-state index contributed by atoms with van der Waals surface area (Å²) in [6, 6.07) is 0. The van der Waals surface area contributed by atoms with Crippen LogP contribution in [0.1, 0.15) is 71.1 Å². The molecule has 2 saturated carbocycles. The van der Waals surface area contributed by atoms with Crippen LogP contribution < -0.4 is 5.73 Å². The van der Waals surface area contributed by atoms with Crippen LogP contribution in [-0.2, 0) is 9.53 Å². The number of ether oxygens (including phenoxy) is 1. The van der Waals surface area contributed by atoms with Crippen molar-refractivity contribution in [3.63, 3.8) is 0 Å². The number of carbonyl (C=O) groups is 1. The monoisotopic (exact) mass is 253 g/mol. The molecule has 2 atom stereocenters. The topological polar surface area (TPSA) is 52.3 Å². The largest absolute Gasteiger partial charge is 0.461 e. The molecule has 0 aromatic heterocycles. The Balaban J connectivity index is 1.89. The third-order valence-electron chi connectivity index (χ3n) is 4.51. The molecular weight excluding hydrogens is 226 g/mol. The molecule has 2 N–H and O–H groups in total. The molecule has 2 aliphatic rings. The predicted molar refractivity (Wildman–Crippen MR) is 72.1 cm³/mol. The Kier molecular flexibility index (Phi) is 4.66. The van der Waals surface area contributed by atoms with Crippen LogP contribution in [0.4, 0.5) is 0 Å². The Labute approximate surface area is 110 Å². The molecule has 3 heteroatoms. The highest BCUT2D eigenvalue weighted by Gasteiger charge is 2.40. The third kappa shape index (κ3) is 3.47. The number of nitrogens with two attached hydrogens (primary N) is 1. The fourth-order valence-electron chi connectivity index (χ4n) is 3.41. The molecule has 0 spiro atoms. The molecule has 0 saturated heterocycles. The van der Waals surface area contributed by atoms with Gasteiger partial charge in [-0.05, 0) is 44.4 Å². The van der Waals surface area contributed by atoms with E-state index >= 15 is 0 Å². The number of hydrogen-bond donors (Lipinski definition) is 1. The van der Waals surface area contributed by atoms with Gasteiger partial charge in [-0.1, -0.05) is 32.6 Å². The van der Waals surface area contributed by atoms with Crippen molar-refractivity contribution in [3.8, 4) is 0 Å². The van der Waals surface area contributed by atoms with Crippen LogP contribution in [0, 0.1) is 5.92 Å². The summed E-state index contributed by atoms with van der Waals surface area (Å²) < 4.78 is 5.70. The second-order valence-corrected chi connectivity index (χ2v) is 6.38. The summed E-state index contributed by atoms with van der Waals surface area (Å²) in [5.74, 6) is 0.409. The van der Waals surface area contributed by atoms with Crippen molar-refractivity contribution in [2.45, 2.75) is 82.8 Å². The van der Waals surface area contributed by atoms with Gasteiger partial charge < -0.3 is 10.5 Å². The highest BCUT2D eigenvalue weighted by molar-refractivity contribution is 5.80. The van der Waals surface area contributed by atoms with Gasteiger partial charge in [-0.25, -0.2) is 0 Å². The molecule has 2 unspecified atom stereocenters. The molecule has 0 amide bonds. The maximum Gasteiger partial charge on any atom is 0.326 e. The molecule has 0 bridgehead atoms. The first kappa shape index (κ1) is 13.9. The van der Waals surface area contributed by atoms with Crippen LogP contribution in [0.25, 0.3) is 0 Å². The minimum absolute atomic E-state index is 0.123. The molecule has 0 radical (unpaired) electrons. The van der Waals surface area contributed by atoms with Crippen LogP contribution in [0.15, 0.2) is 0 Å². The van der Waals surface area contributed by atoms with Crippen molar-refractivity contribution in [1.29, 1.82) is 0 Å². The van der Waals surface area contributed by atoms with Gasteiger partial charge in [0.2, 0.25) is 0 Å². The maximum atomic E-state index is 12.3. The van der Waals surface area contributed by atoms with Crippen molar-refractivity contribution >= 4 is 5.97 Å². The molecule has 2 fully saturated rings. The summed E-state index contributed by atoms with van der Waals surface area (Å²) in [6.07, 6.45) is 10.9. The van der Waals surface area contributed by atoms with E-state index in [1.54, 1.807) is 0 Å². The number of esters is 1. The SMILES string of the molecule is CC1CCCC(N)(C(=O)OC2CCCCCC2)C1. The summed E-state index contributed by atoms with van der Waals surface area (Å²) in [5, 5.41) is 0. The van der Waals surface area contributed by atoms with E-state index in [2.05, 4.69) is 6.92 Å². The predicted octanol–water partition coefficient (Wildman–Crippen LogP) is 3.16. The highest BCUT2D eigenvalue weighted by Crippen LogP contribution is 2.32. The minimum atomic E-state index is -0.704. The van der Waals surface area contributed by atoms with Crippen LogP contribution in [0.5, 0.6) is 0 Å². The van der Waals surface area contributed by atoms with E-state index in [0.717, 1.165) is 32.1 Å². The van der Waals surface area contributed by atoms with E-state index in [0.29, 0.717) is 5.92 Å². The lowest BCUT2D eigenvalue weighted by atomic mass is 9.77. The summed E-state index contributed by atoms with van der Waals surface area (Å²) in [6.45, 7) is 2.18. The average Bonchev–Trinajstić information content (AvgIpc) is 2.57. The Hall–Kier alpha value is -0.570. The quantitative estimate of drug-likeness (QED) is 0.607. The van der Waals surface area contributed by atoms with Gasteiger partial charge in [0.1, 0.15) is 11.6 Å². The molecule has 2 aliphatic carbocycles. The summed E-state index contributed by atoms with van der Waals surface area (Å²) >= 11 is 0. The zero-order chi connectivity index (χ0) is 13.0. The molecule has 3 nitrogen and oxygen atoms in total. The van der Waals surface area contributed by atoms with E-state index in [-0.39, 0.29) is 12.1 Å². The molecule has 0 aliphatic heterocycles. The van der Waals surface area contributed by atoms with Crippen molar-refractivity contribution in [2.24, 2.45) is 11.7 Å². The van der Waals surface area contributed by atoms with Gasteiger partial charge >= 0.3 is 5.97 Å². The minimum Gasteiger partial charge on any atom is -0.461 e. The van der Waals surface area contributed by atoms with Gasteiger partial charge in [0, 0.05) is 0 Å². The van der Waals surface area contributed by atoms with E-state index in [9.17, 15) is 4.79 Å². The second-order valence-electron chi connectivity index (χ2n) is 6.38. The lowest BCUT2D eigenvalue weighted by molar-refractivity contribution is -0.158.